The molecule has 8 nitrogen and oxygen atoms in total. The number of nitrogens with two attached hydrogens (primary N) is 1. The van der Waals surface area contributed by atoms with Crippen LogP contribution in [-0.4, -0.2) is 35.9 Å². The Hall–Kier alpha value is -4.20. The van der Waals surface area contributed by atoms with Gasteiger partial charge in [0.05, 0.1) is 11.6 Å². The SMILES string of the molecule is CC/C=C(\C=NC)c1cc2c(c(=O)[nH]1)Oc1ccc(-c3cccnc3)cc1C2COC(=N)N. The van der Waals surface area contributed by atoms with E-state index in [1.54, 1.807) is 25.7 Å². The van der Waals surface area contributed by atoms with E-state index in [0.29, 0.717) is 17.0 Å². The van der Waals surface area contributed by atoms with Crippen molar-refractivity contribution < 1.29 is 9.47 Å². The molecule has 1 unspecified atom stereocenters. The molecule has 8 heteroatoms. The number of aliphatic imine (C=N–C) groups is 1. The van der Waals surface area contributed by atoms with Gasteiger partial charge in [-0.3, -0.25) is 20.2 Å². The van der Waals surface area contributed by atoms with Crippen LogP contribution in [0, 0.1) is 5.41 Å². The molecule has 1 aliphatic heterocycles. The Kier molecular flexibility index (Phi) is 6.35. The van der Waals surface area contributed by atoms with E-state index in [4.69, 9.17) is 20.6 Å². The fourth-order valence-electron chi connectivity index (χ4n) is 3.94. The first-order chi connectivity index (χ1) is 16.0. The summed E-state index contributed by atoms with van der Waals surface area (Å²) < 4.78 is 11.5. The molecule has 0 bridgehead atoms. The number of rotatable bonds is 6. The molecule has 3 aromatic rings. The molecule has 0 saturated heterocycles. The Bertz CT molecular complexity index is 1300. The van der Waals surface area contributed by atoms with E-state index in [2.05, 4.69) is 15.0 Å². The lowest BCUT2D eigenvalue weighted by atomic mass is 9.86. The van der Waals surface area contributed by atoms with Crippen molar-refractivity contribution in [2.24, 2.45) is 10.7 Å². The van der Waals surface area contributed by atoms with Crippen LogP contribution in [0.25, 0.3) is 16.7 Å². The number of amidine groups is 1. The first kappa shape index (κ1) is 22.0. The summed E-state index contributed by atoms with van der Waals surface area (Å²) in [6.07, 6.45) is 7.99. The maximum atomic E-state index is 13.0. The number of hydrogen-bond acceptors (Lipinski definition) is 6. The zero-order chi connectivity index (χ0) is 23.4. The lowest BCUT2D eigenvalue weighted by Gasteiger charge is -2.28. The van der Waals surface area contributed by atoms with Crippen molar-refractivity contribution in [1.29, 1.82) is 5.41 Å². The van der Waals surface area contributed by atoms with Crippen LogP contribution in [0.1, 0.15) is 36.1 Å². The van der Waals surface area contributed by atoms with Crippen LogP contribution in [0.15, 0.2) is 64.7 Å². The van der Waals surface area contributed by atoms with Gasteiger partial charge in [0.15, 0.2) is 5.75 Å². The molecule has 3 heterocycles. The molecule has 4 rings (SSSR count). The zero-order valence-electron chi connectivity index (χ0n) is 18.5. The third-order valence-corrected chi connectivity index (χ3v) is 5.39. The van der Waals surface area contributed by atoms with Gasteiger partial charge in [-0.15, -0.1) is 0 Å². The van der Waals surface area contributed by atoms with Gasteiger partial charge in [0, 0.05) is 47.9 Å². The Morgan fingerprint density at radius 1 is 1.30 bits per heavy atom. The van der Waals surface area contributed by atoms with Crippen LogP contribution in [0.4, 0.5) is 0 Å². The number of allylic oxidation sites excluding steroid dienone is 2. The summed E-state index contributed by atoms with van der Waals surface area (Å²) in [6, 6.07) is 11.1. The number of pyridine rings is 2. The average molecular weight is 444 g/mol. The molecule has 33 heavy (non-hydrogen) atoms. The van der Waals surface area contributed by atoms with Gasteiger partial charge in [-0.2, -0.15) is 0 Å². The monoisotopic (exact) mass is 443 g/mol. The summed E-state index contributed by atoms with van der Waals surface area (Å²) in [4.78, 5) is 24.2. The smallest absolute Gasteiger partial charge is 0.291 e. The third-order valence-electron chi connectivity index (χ3n) is 5.39. The van der Waals surface area contributed by atoms with Crippen molar-refractivity contribution in [2.75, 3.05) is 13.7 Å². The number of hydrogen-bond donors (Lipinski definition) is 3. The molecule has 1 atom stereocenters. The van der Waals surface area contributed by atoms with Crippen molar-refractivity contribution in [3.63, 3.8) is 0 Å². The minimum Gasteiger partial charge on any atom is -0.465 e. The van der Waals surface area contributed by atoms with Gasteiger partial charge in [-0.05, 0) is 36.2 Å². The number of benzene rings is 1. The van der Waals surface area contributed by atoms with Gasteiger partial charge in [-0.1, -0.05) is 25.1 Å². The highest BCUT2D eigenvalue weighted by molar-refractivity contribution is 6.09. The highest BCUT2D eigenvalue weighted by atomic mass is 16.5. The topological polar surface area (TPSA) is 126 Å². The van der Waals surface area contributed by atoms with E-state index in [-0.39, 0.29) is 29.9 Å². The van der Waals surface area contributed by atoms with E-state index < -0.39 is 0 Å². The molecule has 168 valence electrons. The van der Waals surface area contributed by atoms with Gasteiger partial charge in [0.25, 0.3) is 11.6 Å². The second-order valence-electron chi connectivity index (χ2n) is 7.58. The summed E-state index contributed by atoms with van der Waals surface area (Å²) in [6.45, 7) is 2.11. The predicted molar refractivity (Wildman–Crippen MR) is 129 cm³/mol. The number of fused-ring (bicyclic) bond motifs is 2. The second-order valence-corrected chi connectivity index (χ2v) is 7.58. The number of aromatic nitrogens is 2. The quantitative estimate of drug-likeness (QED) is 0.391. The van der Waals surface area contributed by atoms with E-state index in [9.17, 15) is 4.79 Å². The lowest BCUT2D eigenvalue weighted by molar-refractivity contribution is 0.274. The first-order valence-electron chi connectivity index (χ1n) is 10.6. The lowest BCUT2D eigenvalue weighted by Crippen LogP contribution is -2.25. The van der Waals surface area contributed by atoms with Crippen LogP contribution in [0.3, 0.4) is 0 Å². The summed E-state index contributed by atoms with van der Waals surface area (Å²) >= 11 is 0. The molecule has 2 aromatic heterocycles. The standard InChI is InChI=1S/C25H25N5O3/c1-3-5-17(12-28-2)21-11-19-20(14-32-25(26)27)18-10-15(16-6-4-9-29-13-16)7-8-22(18)33-23(19)24(31)30-21/h4-13,20H,3,14H2,1-2H3,(H3,26,27)(H,30,31)/b17-5+,28-12?. The van der Waals surface area contributed by atoms with Gasteiger partial charge in [-0.25, -0.2) is 0 Å². The molecule has 0 spiro atoms. The summed E-state index contributed by atoms with van der Waals surface area (Å²) in [5.41, 5.74) is 10.00. The molecule has 1 aliphatic rings. The van der Waals surface area contributed by atoms with Gasteiger partial charge in [0.2, 0.25) is 0 Å². The fraction of sp³-hybridized carbons (Fsp3) is 0.200. The number of nitrogens with one attached hydrogen (secondary N) is 2. The third kappa shape index (κ3) is 4.55. The van der Waals surface area contributed by atoms with Crippen molar-refractivity contribution in [2.45, 2.75) is 19.3 Å². The van der Waals surface area contributed by atoms with Crippen molar-refractivity contribution in [1.82, 2.24) is 9.97 Å². The molecule has 0 saturated carbocycles. The van der Waals surface area contributed by atoms with Crippen LogP contribution < -0.4 is 16.0 Å². The average Bonchev–Trinajstić information content (AvgIpc) is 2.82. The molecule has 0 aliphatic carbocycles. The zero-order valence-corrected chi connectivity index (χ0v) is 18.5. The van der Waals surface area contributed by atoms with Crippen molar-refractivity contribution >= 4 is 17.8 Å². The fourth-order valence-corrected chi connectivity index (χ4v) is 3.94. The van der Waals surface area contributed by atoms with Crippen LogP contribution in [-0.2, 0) is 4.74 Å². The number of ether oxygens (including phenoxy) is 2. The Labute approximate surface area is 191 Å². The number of H-pyrrole nitrogens is 1. The Morgan fingerprint density at radius 2 is 2.15 bits per heavy atom. The maximum Gasteiger partial charge on any atom is 0.291 e. The van der Waals surface area contributed by atoms with Crippen molar-refractivity contribution in [3.8, 4) is 22.6 Å². The molecule has 0 radical (unpaired) electrons. The minimum absolute atomic E-state index is 0.0901. The van der Waals surface area contributed by atoms with E-state index >= 15 is 0 Å². The minimum atomic E-state index is -0.386. The predicted octanol–water partition coefficient (Wildman–Crippen LogP) is 4.08. The maximum absolute atomic E-state index is 13.0. The van der Waals surface area contributed by atoms with Crippen LogP contribution in [0.5, 0.6) is 11.5 Å². The highest BCUT2D eigenvalue weighted by Crippen LogP contribution is 2.44. The van der Waals surface area contributed by atoms with E-state index in [0.717, 1.165) is 28.7 Å². The second kappa shape index (κ2) is 9.52. The van der Waals surface area contributed by atoms with Crippen molar-refractivity contribution in [3.05, 3.63) is 82.0 Å². The van der Waals surface area contributed by atoms with Crippen LogP contribution in [0.2, 0.25) is 0 Å². The van der Waals surface area contributed by atoms with Gasteiger partial charge in [0.1, 0.15) is 12.4 Å². The van der Waals surface area contributed by atoms with E-state index in [1.165, 1.54) is 0 Å². The largest absolute Gasteiger partial charge is 0.465 e. The van der Waals surface area contributed by atoms with E-state index in [1.807, 2.05) is 49.4 Å². The Morgan fingerprint density at radius 3 is 2.85 bits per heavy atom. The number of nitrogens with zero attached hydrogens (tertiary/aromatic N) is 2. The number of aromatic amines is 1. The molecule has 0 fully saturated rings. The summed E-state index contributed by atoms with van der Waals surface area (Å²) in [5, 5.41) is 7.54. The summed E-state index contributed by atoms with van der Waals surface area (Å²) in [7, 11) is 1.68. The normalized spacial score (nSPS) is 15.0. The molecule has 0 amide bonds. The van der Waals surface area contributed by atoms with Crippen LogP contribution >= 0.6 is 0 Å². The molecular weight excluding hydrogens is 418 g/mol. The molecular formula is C25H25N5O3. The Balaban J connectivity index is 1.87. The molecule has 4 N–H and O–H groups in total. The first-order valence-corrected chi connectivity index (χ1v) is 10.6. The highest BCUT2D eigenvalue weighted by Gasteiger charge is 2.31. The van der Waals surface area contributed by atoms with Gasteiger partial charge < -0.3 is 20.2 Å². The van der Waals surface area contributed by atoms with Gasteiger partial charge >= 0.3 is 0 Å². The summed E-state index contributed by atoms with van der Waals surface area (Å²) in [5.74, 6) is 0.401. The molecule has 1 aromatic carbocycles.